The highest BCUT2D eigenvalue weighted by atomic mass is 32.2. The summed E-state index contributed by atoms with van der Waals surface area (Å²) in [6.07, 6.45) is 12.0. The van der Waals surface area contributed by atoms with Crippen LogP contribution in [0.15, 0.2) is 47.5 Å². The Kier molecular flexibility index (Phi) is 6.66. The summed E-state index contributed by atoms with van der Waals surface area (Å²) in [5.74, 6) is 0.672. The first-order chi connectivity index (χ1) is 14.4. The minimum atomic E-state index is -3.37. The molecule has 1 N–H and O–H groups in total. The van der Waals surface area contributed by atoms with E-state index in [0.29, 0.717) is 36.0 Å². The summed E-state index contributed by atoms with van der Waals surface area (Å²) in [6.45, 7) is 8.18. The van der Waals surface area contributed by atoms with Crippen LogP contribution >= 0.6 is 0 Å². The van der Waals surface area contributed by atoms with Gasteiger partial charge in [-0.15, -0.1) is 0 Å². The molecule has 2 saturated heterocycles. The number of hydrogen-bond acceptors (Lipinski definition) is 4. The Labute approximate surface area is 181 Å². The first-order valence-electron chi connectivity index (χ1n) is 11.4. The number of benzene rings is 1. The molecule has 4 rings (SSSR count). The van der Waals surface area contributed by atoms with Gasteiger partial charge in [-0.3, -0.25) is 0 Å². The number of nitrogens with zero attached hydrogens (tertiary/aromatic N) is 2. The van der Waals surface area contributed by atoms with E-state index in [1.54, 1.807) is 16.4 Å². The third-order valence-electron chi connectivity index (χ3n) is 6.87. The van der Waals surface area contributed by atoms with Gasteiger partial charge in [0.05, 0.1) is 4.90 Å². The van der Waals surface area contributed by atoms with Crippen LogP contribution < -0.4 is 5.32 Å². The van der Waals surface area contributed by atoms with E-state index in [-0.39, 0.29) is 0 Å². The second-order valence-electron chi connectivity index (χ2n) is 9.11. The largest absolute Gasteiger partial charge is 0.384 e. The van der Waals surface area contributed by atoms with E-state index < -0.39 is 10.0 Å². The van der Waals surface area contributed by atoms with Crippen molar-refractivity contribution in [2.45, 2.75) is 62.9 Å². The Morgan fingerprint density at radius 2 is 1.63 bits per heavy atom. The first kappa shape index (κ1) is 21.6. The van der Waals surface area contributed by atoms with E-state index in [1.807, 2.05) is 12.1 Å². The molecule has 164 valence electrons. The zero-order chi connectivity index (χ0) is 21.1. The van der Waals surface area contributed by atoms with E-state index in [1.165, 1.54) is 25.9 Å². The Hall–Kier alpha value is -1.63. The number of hydrogen-bond donors (Lipinski definition) is 1. The molecule has 1 aromatic carbocycles. The minimum absolute atomic E-state index is 0.391. The highest BCUT2D eigenvalue weighted by Gasteiger charge is 2.27. The standard InChI is InChI=1S/C24H35N3O2S/c1-19(2)26-16-12-21(13-17-26)24-11-8-22(18-25-24)20-6-9-23(10-7-20)30(28,29)27-14-4-3-5-15-27/h6-11,18-19,21,24-25H,3-5,12-17H2,1-2H3. The second-order valence-corrected chi connectivity index (χ2v) is 11.0. The van der Waals surface area contributed by atoms with Gasteiger partial charge in [0.25, 0.3) is 0 Å². The number of dihydropyridines is 1. The Bertz CT molecular complexity index is 876. The highest BCUT2D eigenvalue weighted by Crippen LogP contribution is 2.28. The van der Waals surface area contributed by atoms with E-state index in [0.717, 1.165) is 30.4 Å². The summed E-state index contributed by atoms with van der Waals surface area (Å²) in [5, 5.41) is 3.58. The molecule has 1 unspecified atom stereocenters. The van der Waals surface area contributed by atoms with Gasteiger partial charge in [-0.1, -0.05) is 30.7 Å². The number of allylic oxidation sites excluding steroid dienone is 2. The molecule has 30 heavy (non-hydrogen) atoms. The predicted molar refractivity (Wildman–Crippen MR) is 123 cm³/mol. The van der Waals surface area contributed by atoms with Crippen LogP contribution in [0.3, 0.4) is 0 Å². The van der Waals surface area contributed by atoms with Crippen molar-refractivity contribution in [3.05, 3.63) is 48.2 Å². The van der Waals surface area contributed by atoms with Crippen molar-refractivity contribution in [2.75, 3.05) is 26.2 Å². The maximum absolute atomic E-state index is 12.8. The van der Waals surface area contributed by atoms with Crippen molar-refractivity contribution >= 4 is 15.6 Å². The summed E-state index contributed by atoms with van der Waals surface area (Å²) in [7, 11) is -3.37. The summed E-state index contributed by atoms with van der Waals surface area (Å²) in [5.41, 5.74) is 2.15. The van der Waals surface area contributed by atoms with Gasteiger partial charge in [-0.25, -0.2) is 8.42 Å². The summed E-state index contributed by atoms with van der Waals surface area (Å²) < 4.78 is 27.3. The third-order valence-corrected chi connectivity index (χ3v) is 8.78. The lowest BCUT2D eigenvalue weighted by Crippen LogP contribution is -2.44. The molecule has 0 spiro atoms. The van der Waals surface area contributed by atoms with Crippen molar-refractivity contribution in [1.82, 2.24) is 14.5 Å². The lowest BCUT2D eigenvalue weighted by molar-refractivity contribution is 0.140. The molecule has 1 aromatic rings. The van der Waals surface area contributed by atoms with Crippen LogP contribution in [0.1, 0.15) is 51.5 Å². The number of sulfonamides is 1. The summed E-state index contributed by atoms with van der Waals surface area (Å²) >= 11 is 0. The molecule has 5 nitrogen and oxygen atoms in total. The van der Waals surface area contributed by atoms with Gasteiger partial charge in [-0.05, 0) is 81.8 Å². The van der Waals surface area contributed by atoms with Crippen LogP contribution in [-0.2, 0) is 10.0 Å². The van der Waals surface area contributed by atoms with Crippen LogP contribution in [0.2, 0.25) is 0 Å². The fourth-order valence-corrected chi connectivity index (χ4v) is 6.36. The van der Waals surface area contributed by atoms with E-state index in [9.17, 15) is 8.42 Å². The van der Waals surface area contributed by atoms with E-state index in [2.05, 4.69) is 42.4 Å². The monoisotopic (exact) mass is 429 g/mol. The molecule has 0 radical (unpaired) electrons. The van der Waals surface area contributed by atoms with Crippen molar-refractivity contribution in [3.8, 4) is 0 Å². The topological polar surface area (TPSA) is 52.7 Å². The van der Waals surface area contributed by atoms with Gasteiger partial charge < -0.3 is 10.2 Å². The van der Waals surface area contributed by atoms with Crippen molar-refractivity contribution in [3.63, 3.8) is 0 Å². The van der Waals surface area contributed by atoms with Crippen LogP contribution in [0.5, 0.6) is 0 Å². The number of piperidine rings is 2. The van der Waals surface area contributed by atoms with Crippen LogP contribution in [0.4, 0.5) is 0 Å². The molecule has 0 aromatic heterocycles. The molecule has 0 amide bonds. The molecule has 6 heteroatoms. The van der Waals surface area contributed by atoms with Gasteiger partial charge in [0.1, 0.15) is 0 Å². The van der Waals surface area contributed by atoms with Gasteiger partial charge >= 0.3 is 0 Å². The number of rotatable bonds is 5. The predicted octanol–water partition coefficient (Wildman–Crippen LogP) is 3.85. The molecule has 3 aliphatic heterocycles. The first-order valence-corrected chi connectivity index (χ1v) is 12.9. The molecule has 0 saturated carbocycles. The maximum atomic E-state index is 12.8. The summed E-state index contributed by atoms with van der Waals surface area (Å²) in [6, 6.07) is 8.38. The van der Waals surface area contributed by atoms with Crippen molar-refractivity contribution in [1.29, 1.82) is 0 Å². The fourth-order valence-electron chi connectivity index (χ4n) is 4.84. The molecule has 1 atom stereocenters. The molecule has 0 bridgehead atoms. The van der Waals surface area contributed by atoms with E-state index in [4.69, 9.17) is 0 Å². The van der Waals surface area contributed by atoms with Gasteiger partial charge in [-0.2, -0.15) is 4.31 Å². The van der Waals surface area contributed by atoms with Crippen LogP contribution in [0, 0.1) is 5.92 Å². The van der Waals surface area contributed by atoms with Crippen LogP contribution in [-0.4, -0.2) is 55.9 Å². The fraction of sp³-hybridized carbons (Fsp3) is 0.583. The maximum Gasteiger partial charge on any atom is 0.243 e. The van der Waals surface area contributed by atoms with Crippen LogP contribution in [0.25, 0.3) is 5.57 Å². The second kappa shape index (κ2) is 9.25. The van der Waals surface area contributed by atoms with Gasteiger partial charge in [0.2, 0.25) is 10.0 Å². The molecule has 3 aliphatic rings. The average molecular weight is 430 g/mol. The molecule has 3 heterocycles. The molecular formula is C24H35N3O2S. The zero-order valence-electron chi connectivity index (χ0n) is 18.3. The summed E-state index contributed by atoms with van der Waals surface area (Å²) in [4.78, 5) is 2.96. The average Bonchev–Trinajstić information content (AvgIpc) is 2.80. The SMILES string of the molecule is CC(C)N1CCC(C2C=CC(c3ccc(S(=O)(=O)N4CCCCC4)cc3)=CN2)CC1. The molecule has 2 fully saturated rings. The van der Waals surface area contributed by atoms with E-state index >= 15 is 0 Å². The Morgan fingerprint density at radius 1 is 0.967 bits per heavy atom. The third kappa shape index (κ3) is 4.66. The molecular weight excluding hydrogens is 394 g/mol. The highest BCUT2D eigenvalue weighted by molar-refractivity contribution is 7.89. The Morgan fingerprint density at radius 3 is 2.20 bits per heavy atom. The number of nitrogens with one attached hydrogen (secondary N) is 1. The molecule has 0 aliphatic carbocycles. The Balaban J connectivity index is 1.37. The van der Waals surface area contributed by atoms with Gasteiger partial charge in [0, 0.05) is 31.4 Å². The normalized spacial score (nSPS) is 24.6. The van der Waals surface area contributed by atoms with Crippen molar-refractivity contribution in [2.24, 2.45) is 5.92 Å². The minimum Gasteiger partial charge on any atom is -0.384 e. The quantitative estimate of drug-likeness (QED) is 0.772. The lowest BCUT2D eigenvalue weighted by atomic mass is 9.87. The number of likely N-dealkylation sites (tertiary alicyclic amines) is 1. The van der Waals surface area contributed by atoms with Crippen molar-refractivity contribution < 1.29 is 8.42 Å². The zero-order valence-corrected chi connectivity index (χ0v) is 19.1. The van der Waals surface area contributed by atoms with Gasteiger partial charge in [0.15, 0.2) is 0 Å². The lowest BCUT2D eigenvalue weighted by Gasteiger charge is -2.38. The smallest absolute Gasteiger partial charge is 0.243 e.